The normalized spacial score (nSPS) is 13.4. The molecule has 0 unspecified atom stereocenters. The number of aromatic nitrogens is 1. The number of nitrogens with one attached hydrogen (secondary N) is 2. The highest BCUT2D eigenvalue weighted by Gasteiger charge is 2.29. The largest absolute Gasteiger partial charge is 0.416 e. The molecule has 1 aromatic heterocycles. The first-order valence-corrected chi connectivity index (χ1v) is 9.64. The van der Waals surface area contributed by atoms with E-state index in [4.69, 9.17) is 23.2 Å². The van der Waals surface area contributed by atoms with E-state index in [2.05, 4.69) is 26.0 Å². The average Bonchev–Trinajstić information content (AvgIpc) is 2.67. The molecule has 5 nitrogen and oxygen atoms in total. The number of pyridine rings is 1. The Morgan fingerprint density at radius 1 is 1.14 bits per heavy atom. The third kappa shape index (κ3) is 7.26. The van der Waals surface area contributed by atoms with Gasteiger partial charge in [-0.25, -0.2) is 0 Å². The summed E-state index contributed by atoms with van der Waals surface area (Å²) in [5.74, 6) is 0. The molecule has 0 bridgehead atoms. The van der Waals surface area contributed by atoms with Gasteiger partial charge in [0.2, 0.25) is 6.41 Å². The predicted molar refractivity (Wildman–Crippen MR) is 113 cm³/mol. The van der Waals surface area contributed by atoms with Crippen LogP contribution in [-0.4, -0.2) is 23.1 Å². The van der Waals surface area contributed by atoms with Crippen LogP contribution in [0.15, 0.2) is 52.6 Å². The zero-order chi connectivity index (χ0) is 21.4. The quantitative estimate of drug-likeness (QED) is 0.542. The second-order valence-electron chi connectivity index (χ2n) is 5.64. The van der Waals surface area contributed by atoms with E-state index in [1.54, 1.807) is 12.4 Å². The molecule has 0 spiro atoms. The molecule has 2 aromatic rings. The molecule has 2 N–H and O–H groups in total. The third-order valence-corrected chi connectivity index (χ3v) is 4.91. The smallest absolute Gasteiger partial charge is 0.332 e. The van der Waals surface area contributed by atoms with Crippen LogP contribution in [0.5, 0.6) is 0 Å². The second kappa shape index (κ2) is 10.5. The second-order valence-corrected chi connectivity index (χ2v) is 7.32. The molecule has 3 rings (SSSR count). The van der Waals surface area contributed by atoms with E-state index in [0.717, 1.165) is 17.3 Å². The highest BCUT2D eigenvalue weighted by molar-refractivity contribution is 8.16. The van der Waals surface area contributed by atoms with Crippen molar-refractivity contribution >= 4 is 57.9 Å². The maximum absolute atomic E-state index is 12.0. The summed E-state index contributed by atoms with van der Waals surface area (Å²) in [6, 6.07) is 4.20. The molecular weight excluding hydrogens is 448 g/mol. The van der Waals surface area contributed by atoms with Gasteiger partial charge >= 0.3 is 6.18 Å². The molecule has 0 aliphatic carbocycles. The van der Waals surface area contributed by atoms with Crippen molar-refractivity contribution in [1.82, 2.24) is 4.98 Å². The molecule has 1 aromatic carbocycles. The lowest BCUT2D eigenvalue weighted by atomic mass is 10.2. The fourth-order valence-corrected chi connectivity index (χ4v) is 3.10. The minimum atomic E-state index is -4.33. The summed E-state index contributed by atoms with van der Waals surface area (Å²) in [4.78, 5) is 18.2. The fraction of sp³-hybridized carbons (Fsp3) is 0.167. The molecular formula is C18H15Cl2F3N4OS. The summed E-state index contributed by atoms with van der Waals surface area (Å²) in [6.07, 6.45) is -0.835. The summed E-state index contributed by atoms with van der Waals surface area (Å²) in [7, 11) is 0. The van der Waals surface area contributed by atoms with E-state index >= 15 is 0 Å². The summed E-state index contributed by atoms with van der Waals surface area (Å²) in [5, 5.41) is 9.16. The standard InChI is InChI=1S/C10H9Cl2N3S.C8H6F3NO/c1-6-2-14-10(16-5-6)15-9-7(11)3-13-4-8(9)12;9-8(10,11)6-1-3-7(4-2-6)12-5-13/h3-5H,2H2,1H3,(H,13,14,15);1-5H,(H,12,13). The molecule has 29 heavy (non-hydrogen) atoms. The monoisotopic (exact) mass is 462 g/mol. The number of carbonyl (C=O) groups excluding carboxylic acids is 1. The maximum atomic E-state index is 12.0. The van der Waals surface area contributed by atoms with Crippen molar-refractivity contribution in [3.8, 4) is 0 Å². The Labute approximate surface area is 179 Å². The van der Waals surface area contributed by atoms with Gasteiger partial charge in [0, 0.05) is 18.1 Å². The van der Waals surface area contributed by atoms with Gasteiger partial charge in [0.25, 0.3) is 0 Å². The van der Waals surface area contributed by atoms with Crippen molar-refractivity contribution in [3.05, 3.63) is 63.2 Å². The minimum absolute atomic E-state index is 0.336. The number of hydrogen-bond donors (Lipinski definition) is 2. The average molecular weight is 463 g/mol. The van der Waals surface area contributed by atoms with Crippen molar-refractivity contribution in [2.24, 2.45) is 4.99 Å². The number of amides is 1. The van der Waals surface area contributed by atoms with Gasteiger partial charge in [-0.2, -0.15) is 13.2 Å². The number of alkyl halides is 3. The number of halogens is 5. The summed E-state index contributed by atoms with van der Waals surface area (Å²) in [5.41, 5.74) is 1.49. The minimum Gasteiger partial charge on any atom is -0.332 e. The Morgan fingerprint density at radius 2 is 1.76 bits per heavy atom. The van der Waals surface area contributed by atoms with Crippen molar-refractivity contribution in [2.75, 3.05) is 17.2 Å². The van der Waals surface area contributed by atoms with Gasteiger partial charge in [-0.3, -0.25) is 14.8 Å². The third-order valence-electron chi connectivity index (χ3n) is 3.37. The Kier molecular flexibility index (Phi) is 8.36. The number of benzene rings is 1. The molecule has 1 aliphatic heterocycles. The van der Waals surface area contributed by atoms with E-state index < -0.39 is 11.7 Å². The van der Waals surface area contributed by atoms with Gasteiger partial charge in [0.05, 0.1) is 27.8 Å². The molecule has 0 radical (unpaired) electrons. The lowest BCUT2D eigenvalue weighted by Crippen LogP contribution is -2.11. The van der Waals surface area contributed by atoms with Crippen LogP contribution in [0.25, 0.3) is 0 Å². The van der Waals surface area contributed by atoms with Crippen LogP contribution in [0, 0.1) is 0 Å². The van der Waals surface area contributed by atoms with Gasteiger partial charge in [-0.1, -0.05) is 35.0 Å². The Balaban J connectivity index is 0.000000212. The van der Waals surface area contributed by atoms with Crippen LogP contribution in [0.2, 0.25) is 10.0 Å². The highest BCUT2D eigenvalue weighted by Crippen LogP contribution is 2.31. The SMILES string of the molecule is CC1=CSC(Nc2c(Cl)cncc2Cl)=NC1.O=CNc1ccc(C(F)(F)F)cc1. The number of carbonyl (C=O) groups is 1. The maximum Gasteiger partial charge on any atom is 0.416 e. The van der Waals surface area contributed by atoms with Crippen LogP contribution in [0.4, 0.5) is 24.5 Å². The highest BCUT2D eigenvalue weighted by atomic mass is 35.5. The molecule has 11 heteroatoms. The van der Waals surface area contributed by atoms with Gasteiger partial charge < -0.3 is 10.6 Å². The van der Waals surface area contributed by atoms with Crippen LogP contribution in [0.3, 0.4) is 0 Å². The van der Waals surface area contributed by atoms with Crippen LogP contribution >= 0.6 is 35.0 Å². The summed E-state index contributed by atoms with van der Waals surface area (Å²) in [6.45, 7) is 2.75. The molecule has 1 amide bonds. The van der Waals surface area contributed by atoms with Crippen LogP contribution < -0.4 is 10.6 Å². The number of hydrogen-bond acceptors (Lipinski definition) is 5. The number of rotatable bonds is 3. The first-order valence-electron chi connectivity index (χ1n) is 8.01. The number of anilines is 2. The number of thioether (sulfide) groups is 1. The molecule has 154 valence electrons. The Bertz CT molecular complexity index is 898. The van der Waals surface area contributed by atoms with Crippen LogP contribution in [0.1, 0.15) is 12.5 Å². The molecule has 2 heterocycles. The van der Waals surface area contributed by atoms with Gasteiger partial charge in [-0.15, -0.1) is 0 Å². The first kappa shape index (κ1) is 23.1. The van der Waals surface area contributed by atoms with Crippen molar-refractivity contribution in [2.45, 2.75) is 13.1 Å². The van der Waals surface area contributed by atoms with Gasteiger partial charge in [-0.05, 0) is 42.2 Å². The van der Waals surface area contributed by atoms with Crippen molar-refractivity contribution in [3.63, 3.8) is 0 Å². The number of nitrogens with zero attached hydrogens (tertiary/aromatic N) is 2. The van der Waals surface area contributed by atoms with E-state index in [1.165, 1.54) is 29.5 Å². The molecule has 1 aliphatic rings. The van der Waals surface area contributed by atoms with E-state index in [9.17, 15) is 18.0 Å². The van der Waals surface area contributed by atoms with E-state index in [0.29, 0.717) is 34.4 Å². The Morgan fingerprint density at radius 3 is 2.24 bits per heavy atom. The number of aliphatic imine (C=N–C) groups is 1. The Hall–Kier alpha value is -2.23. The van der Waals surface area contributed by atoms with E-state index in [-0.39, 0.29) is 0 Å². The summed E-state index contributed by atoms with van der Waals surface area (Å²) < 4.78 is 36.0. The topological polar surface area (TPSA) is 66.4 Å². The first-order chi connectivity index (χ1) is 13.7. The molecule has 0 saturated carbocycles. The van der Waals surface area contributed by atoms with Gasteiger partial charge in [0.1, 0.15) is 0 Å². The molecule has 0 saturated heterocycles. The zero-order valence-corrected chi connectivity index (χ0v) is 17.3. The fourth-order valence-electron chi connectivity index (χ4n) is 1.96. The van der Waals surface area contributed by atoms with E-state index in [1.807, 2.05) is 6.92 Å². The zero-order valence-electron chi connectivity index (χ0n) is 14.9. The lowest BCUT2D eigenvalue weighted by molar-refractivity contribution is -0.137. The molecule has 0 atom stereocenters. The van der Waals surface area contributed by atoms with Crippen molar-refractivity contribution < 1.29 is 18.0 Å². The summed E-state index contributed by atoms with van der Waals surface area (Å²) >= 11 is 13.5. The van der Waals surface area contributed by atoms with Gasteiger partial charge in [0.15, 0.2) is 5.17 Å². The predicted octanol–water partition coefficient (Wildman–Crippen LogP) is 6.08. The lowest BCUT2D eigenvalue weighted by Gasteiger charge is -2.13. The molecule has 0 fully saturated rings. The van der Waals surface area contributed by atoms with Crippen LogP contribution in [-0.2, 0) is 11.0 Å². The number of amidine groups is 1. The van der Waals surface area contributed by atoms with Crippen molar-refractivity contribution in [1.29, 1.82) is 0 Å².